The van der Waals surface area contributed by atoms with Crippen LogP contribution in [-0.2, 0) is 16.6 Å². The van der Waals surface area contributed by atoms with Crippen LogP contribution >= 0.6 is 11.6 Å². The first kappa shape index (κ1) is 15.8. The molecule has 0 atom stereocenters. The van der Waals surface area contributed by atoms with E-state index < -0.39 is 10.0 Å². The van der Waals surface area contributed by atoms with E-state index >= 15 is 0 Å². The minimum atomic E-state index is -2.99. The summed E-state index contributed by atoms with van der Waals surface area (Å²) >= 11 is 6.08. The Labute approximate surface area is 126 Å². The van der Waals surface area contributed by atoms with Gasteiger partial charge in [-0.05, 0) is 37.0 Å². The minimum Gasteiger partial charge on any atom is -0.312 e. The third-order valence-corrected chi connectivity index (χ3v) is 5.90. The topological polar surface area (TPSA) is 49.4 Å². The number of halogens is 1. The molecule has 0 amide bonds. The highest BCUT2D eigenvalue weighted by Gasteiger charge is 2.33. The number of sulfonamides is 1. The lowest BCUT2D eigenvalue weighted by Crippen LogP contribution is -2.53. The van der Waals surface area contributed by atoms with Crippen LogP contribution in [0, 0.1) is 12.8 Å². The molecule has 0 saturated carbocycles. The molecule has 1 aromatic carbocycles. The maximum absolute atomic E-state index is 11.6. The van der Waals surface area contributed by atoms with Crippen LogP contribution in [0.2, 0.25) is 5.02 Å². The zero-order chi connectivity index (χ0) is 14.8. The molecule has 1 aromatic rings. The van der Waals surface area contributed by atoms with Gasteiger partial charge in [0.2, 0.25) is 10.0 Å². The van der Waals surface area contributed by atoms with Gasteiger partial charge in [-0.1, -0.05) is 23.7 Å². The summed E-state index contributed by atoms with van der Waals surface area (Å²) in [4.78, 5) is 0. The highest BCUT2D eigenvalue weighted by Crippen LogP contribution is 2.20. The molecular formula is C14H21ClN2O2S. The second-order valence-electron chi connectivity index (χ2n) is 5.30. The summed E-state index contributed by atoms with van der Waals surface area (Å²) < 4.78 is 24.7. The van der Waals surface area contributed by atoms with Gasteiger partial charge >= 0.3 is 0 Å². The van der Waals surface area contributed by atoms with E-state index in [2.05, 4.69) is 11.4 Å². The number of hydrogen-bond acceptors (Lipinski definition) is 3. The maximum atomic E-state index is 11.6. The first-order valence-electron chi connectivity index (χ1n) is 6.86. The zero-order valence-corrected chi connectivity index (χ0v) is 13.5. The van der Waals surface area contributed by atoms with Gasteiger partial charge in [0, 0.05) is 31.2 Å². The van der Waals surface area contributed by atoms with Crippen LogP contribution in [0.3, 0.4) is 0 Å². The number of nitrogens with one attached hydrogen (secondary N) is 1. The van der Waals surface area contributed by atoms with Crippen LogP contribution in [0.5, 0.6) is 0 Å². The lowest BCUT2D eigenvalue weighted by molar-refractivity contribution is 0.196. The zero-order valence-electron chi connectivity index (χ0n) is 11.9. The van der Waals surface area contributed by atoms with E-state index in [0.717, 1.165) is 29.2 Å². The molecule has 4 nitrogen and oxygen atoms in total. The summed E-state index contributed by atoms with van der Waals surface area (Å²) in [6.07, 6.45) is 0. The Balaban J connectivity index is 1.72. The van der Waals surface area contributed by atoms with E-state index in [9.17, 15) is 8.42 Å². The van der Waals surface area contributed by atoms with Crippen molar-refractivity contribution in [2.45, 2.75) is 20.4 Å². The van der Waals surface area contributed by atoms with E-state index in [1.165, 1.54) is 0 Å². The number of aryl methyl sites for hydroxylation is 1. The quantitative estimate of drug-likeness (QED) is 0.873. The van der Waals surface area contributed by atoms with Crippen LogP contribution in [0.25, 0.3) is 0 Å². The Bertz CT molecular complexity index is 569. The van der Waals surface area contributed by atoms with Crippen molar-refractivity contribution in [3.63, 3.8) is 0 Å². The molecule has 0 radical (unpaired) electrons. The summed E-state index contributed by atoms with van der Waals surface area (Å²) in [7, 11) is -2.99. The van der Waals surface area contributed by atoms with Crippen molar-refractivity contribution in [2.75, 3.05) is 25.4 Å². The average molecular weight is 317 g/mol. The Morgan fingerprint density at radius 2 is 2.10 bits per heavy atom. The van der Waals surface area contributed by atoms with Gasteiger partial charge in [-0.2, -0.15) is 0 Å². The number of nitrogens with zero attached hydrogens (tertiary/aromatic N) is 1. The molecule has 1 saturated heterocycles. The standard InChI is InChI=1S/C14H21ClN2O2S/c1-3-20(18,19)17-9-13(10-17)8-16-7-12-5-4-11(2)14(15)6-12/h4-6,13,16H,3,7-10H2,1-2H3. The first-order valence-corrected chi connectivity index (χ1v) is 8.84. The van der Waals surface area contributed by atoms with Gasteiger partial charge < -0.3 is 5.32 Å². The molecule has 1 aliphatic heterocycles. The summed E-state index contributed by atoms with van der Waals surface area (Å²) in [5.74, 6) is 0.604. The number of benzene rings is 1. The molecule has 1 aliphatic rings. The molecule has 2 rings (SSSR count). The van der Waals surface area contributed by atoms with Crippen molar-refractivity contribution in [3.05, 3.63) is 34.3 Å². The van der Waals surface area contributed by atoms with Crippen LogP contribution in [0.4, 0.5) is 0 Å². The van der Waals surface area contributed by atoms with E-state index in [-0.39, 0.29) is 5.75 Å². The Morgan fingerprint density at radius 3 is 2.70 bits per heavy atom. The molecule has 1 fully saturated rings. The second-order valence-corrected chi connectivity index (χ2v) is 7.96. The fourth-order valence-corrected chi connectivity index (χ4v) is 3.67. The fraction of sp³-hybridized carbons (Fsp3) is 0.571. The monoisotopic (exact) mass is 316 g/mol. The summed E-state index contributed by atoms with van der Waals surface area (Å²) in [5, 5.41) is 4.15. The van der Waals surface area contributed by atoms with Gasteiger partial charge in [-0.15, -0.1) is 0 Å². The third kappa shape index (κ3) is 3.73. The normalized spacial score (nSPS) is 17.1. The average Bonchev–Trinajstić information content (AvgIpc) is 2.36. The van der Waals surface area contributed by atoms with E-state index in [0.29, 0.717) is 19.0 Å². The number of hydrogen-bond donors (Lipinski definition) is 1. The SMILES string of the molecule is CCS(=O)(=O)N1CC(CNCc2ccc(C)c(Cl)c2)C1. The van der Waals surface area contributed by atoms with Gasteiger partial charge in [0.25, 0.3) is 0 Å². The molecule has 20 heavy (non-hydrogen) atoms. The summed E-state index contributed by atoms with van der Waals surface area (Å²) in [5.41, 5.74) is 2.23. The third-order valence-electron chi connectivity index (χ3n) is 3.68. The Hall–Kier alpha value is -0.620. The van der Waals surface area contributed by atoms with Gasteiger partial charge in [0.05, 0.1) is 5.75 Å². The first-order chi connectivity index (χ1) is 9.42. The molecule has 0 aliphatic carbocycles. The van der Waals surface area contributed by atoms with Crippen molar-refractivity contribution in [3.8, 4) is 0 Å². The molecule has 0 bridgehead atoms. The molecule has 0 aromatic heterocycles. The lowest BCUT2D eigenvalue weighted by atomic mass is 10.0. The van der Waals surface area contributed by atoms with E-state index in [1.807, 2.05) is 19.1 Å². The molecule has 0 spiro atoms. The molecule has 112 valence electrons. The molecule has 1 N–H and O–H groups in total. The summed E-state index contributed by atoms with van der Waals surface area (Å²) in [6.45, 7) is 6.53. The Kier molecular flexibility index (Phi) is 5.07. The number of rotatable bonds is 6. The van der Waals surface area contributed by atoms with Crippen molar-refractivity contribution in [2.24, 2.45) is 5.92 Å². The van der Waals surface area contributed by atoms with E-state index in [1.54, 1.807) is 11.2 Å². The van der Waals surface area contributed by atoms with Crippen molar-refractivity contribution in [1.82, 2.24) is 9.62 Å². The molecular weight excluding hydrogens is 296 g/mol. The van der Waals surface area contributed by atoms with Crippen LogP contribution in [0.15, 0.2) is 18.2 Å². The van der Waals surface area contributed by atoms with Crippen molar-refractivity contribution in [1.29, 1.82) is 0 Å². The fourth-order valence-electron chi connectivity index (χ4n) is 2.23. The predicted molar refractivity (Wildman–Crippen MR) is 82.4 cm³/mol. The van der Waals surface area contributed by atoms with Gasteiger partial charge in [0.15, 0.2) is 0 Å². The highest BCUT2D eigenvalue weighted by atomic mass is 35.5. The predicted octanol–water partition coefficient (Wildman–Crippen LogP) is 2.02. The van der Waals surface area contributed by atoms with Crippen molar-refractivity contribution < 1.29 is 8.42 Å². The largest absolute Gasteiger partial charge is 0.312 e. The van der Waals surface area contributed by atoms with Crippen LogP contribution < -0.4 is 5.32 Å². The van der Waals surface area contributed by atoms with Crippen LogP contribution in [-0.4, -0.2) is 38.1 Å². The second kappa shape index (κ2) is 6.43. The van der Waals surface area contributed by atoms with E-state index in [4.69, 9.17) is 11.6 Å². The molecule has 0 unspecified atom stereocenters. The Morgan fingerprint density at radius 1 is 1.40 bits per heavy atom. The molecule has 6 heteroatoms. The smallest absolute Gasteiger partial charge is 0.213 e. The summed E-state index contributed by atoms with van der Waals surface area (Å²) in [6, 6.07) is 6.04. The maximum Gasteiger partial charge on any atom is 0.213 e. The van der Waals surface area contributed by atoms with Gasteiger partial charge in [-0.3, -0.25) is 0 Å². The minimum absolute atomic E-state index is 0.189. The van der Waals surface area contributed by atoms with Gasteiger partial charge in [-0.25, -0.2) is 12.7 Å². The highest BCUT2D eigenvalue weighted by molar-refractivity contribution is 7.89. The molecule has 1 heterocycles. The van der Waals surface area contributed by atoms with Gasteiger partial charge in [0.1, 0.15) is 0 Å². The van der Waals surface area contributed by atoms with Crippen molar-refractivity contribution >= 4 is 21.6 Å². The van der Waals surface area contributed by atoms with Crippen LogP contribution in [0.1, 0.15) is 18.1 Å². The lowest BCUT2D eigenvalue weighted by Gasteiger charge is -2.38.